The van der Waals surface area contributed by atoms with E-state index in [0.29, 0.717) is 10.1 Å². The van der Waals surface area contributed by atoms with Gasteiger partial charge in [0, 0.05) is 0 Å². The number of hydrogen-bond donors (Lipinski definition) is 0. The van der Waals surface area contributed by atoms with Crippen LogP contribution in [0.4, 0.5) is 0 Å². The van der Waals surface area contributed by atoms with Gasteiger partial charge in [0.15, 0.2) is 0 Å². The summed E-state index contributed by atoms with van der Waals surface area (Å²) in [6, 6.07) is 23.9. The van der Waals surface area contributed by atoms with Gasteiger partial charge in [0.05, 0.1) is 4.21 Å². The zero-order valence-corrected chi connectivity index (χ0v) is 17.0. The van der Waals surface area contributed by atoms with Crippen LogP contribution in [0.3, 0.4) is 0 Å². The topological polar surface area (TPSA) is 0 Å². The molecule has 1 aliphatic heterocycles. The zero-order valence-electron chi connectivity index (χ0n) is 14.4. The van der Waals surface area contributed by atoms with Crippen LogP contribution in [-0.2, 0) is 0 Å². The molecule has 0 amide bonds. The Morgan fingerprint density at radius 3 is 1.96 bits per heavy atom. The van der Waals surface area contributed by atoms with Gasteiger partial charge in [0.2, 0.25) is 0 Å². The van der Waals surface area contributed by atoms with Crippen molar-refractivity contribution in [3.63, 3.8) is 0 Å². The molecule has 0 aromatic heterocycles. The first-order chi connectivity index (χ1) is 11.8. The van der Waals surface area contributed by atoms with Crippen molar-refractivity contribution in [2.75, 3.05) is 11.5 Å². The van der Waals surface area contributed by atoms with E-state index < -0.39 is 8.07 Å². The van der Waals surface area contributed by atoms with E-state index in [2.05, 4.69) is 104 Å². The molecule has 2 aromatic carbocycles. The standard InChI is InChI=1S/C21H26S2Si/c1-3-18(2)17-24(19-11-6-4-7-12-19,20-13-8-5-9-14-20)21-22-15-10-16-23-21/h3-9,11-14,18,21H,1,10,15-17H2,2H3. The second kappa shape index (κ2) is 8.46. The van der Waals surface area contributed by atoms with Crippen LogP contribution >= 0.6 is 23.5 Å². The van der Waals surface area contributed by atoms with E-state index in [1.165, 1.54) is 24.0 Å². The number of allylic oxidation sites excluding steroid dienone is 1. The molecule has 126 valence electrons. The molecule has 0 N–H and O–H groups in total. The molecule has 0 radical (unpaired) electrons. The lowest BCUT2D eigenvalue weighted by Crippen LogP contribution is -2.65. The fourth-order valence-electron chi connectivity index (χ4n) is 3.61. The third-order valence-electron chi connectivity index (χ3n) is 4.85. The minimum atomic E-state index is -1.88. The molecule has 0 nitrogen and oxygen atoms in total. The van der Waals surface area contributed by atoms with Crippen LogP contribution in [0.15, 0.2) is 73.3 Å². The van der Waals surface area contributed by atoms with Crippen molar-refractivity contribution in [3.8, 4) is 0 Å². The largest absolute Gasteiger partial charge is 0.150 e. The predicted octanol–water partition coefficient (Wildman–Crippen LogP) is 4.81. The van der Waals surface area contributed by atoms with Crippen molar-refractivity contribution in [1.29, 1.82) is 0 Å². The smallest absolute Gasteiger partial charge is 0.142 e. The molecule has 3 rings (SSSR count). The summed E-state index contributed by atoms with van der Waals surface area (Å²) in [6.45, 7) is 6.42. The van der Waals surface area contributed by atoms with Crippen LogP contribution in [-0.4, -0.2) is 23.8 Å². The van der Waals surface area contributed by atoms with E-state index in [0.717, 1.165) is 0 Å². The lowest BCUT2D eigenvalue weighted by Gasteiger charge is -2.42. The number of hydrogen-bond acceptors (Lipinski definition) is 2. The lowest BCUT2D eigenvalue weighted by molar-refractivity contribution is 0.816. The highest BCUT2D eigenvalue weighted by Gasteiger charge is 2.46. The number of thioether (sulfide) groups is 2. The Balaban J connectivity index is 2.16. The van der Waals surface area contributed by atoms with E-state index in [1.807, 2.05) is 0 Å². The second-order valence-electron chi connectivity index (χ2n) is 6.55. The van der Waals surface area contributed by atoms with E-state index >= 15 is 0 Å². The average Bonchev–Trinajstić information content (AvgIpc) is 2.68. The molecule has 1 heterocycles. The highest BCUT2D eigenvalue weighted by molar-refractivity contribution is 8.20. The van der Waals surface area contributed by atoms with E-state index in [9.17, 15) is 0 Å². The molecular formula is C21H26S2Si. The highest BCUT2D eigenvalue weighted by atomic mass is 32.2. The predicted molar refractivity (Wildman–Crippen MR) is 115 cm³/mol. The summed E-state index contributed by atoms with van der Waals surface area (Å²) in [6.07, 6.45) is 3.49. The molecule has 1 atom stereocenters. The molecular weight excluding hydrogens is 344 g/mol. The Labute approximate surface area is 156 Å². The van der Waals surface area contributed by atoms with Gasteiger partial charge in [-0.1, -0.05) is 84.0 Å². The normalized spacial score (nSPS) is 17.4. The second-order valence-corrected chi connectivity index (χ2v) is 14.2. The van der Waals surface area contributed by atoms with Gasteiger partial charge in [-0.05, 0) is 29.9 Å². The van der Waals surface area contributed by atoms with Gasteiger partial charge in [-0.15, -0.1) is 6.58 Å². The van der Waals surface area contributed by atoms with Crippen molar-refractivity contribution in [1.82, 2.24) is 0 Å². The van der Waals surface area contributed by atoms with Crippen LogP contribution in [0, 0.1) is 5.92 Å². The summed E-state index contributed by atoms with van der Waals surface area (Å²) in [7, 11) is -1.88. The molecule has 24 heavy (non-hydrogen) atoms. The molecule has 1 fully saturated rings. The van der Waals surface area contributed by atoms with E-state index in [1.54, 1.807) is 10.4 Å². The molecule has 0 saturated carbocycles. The highest BCUT2D eigenvalue weighted by Crippen LogP contribution is 2.40. The van der Waals surface area contributed by atoms with Crippen molar-refractivity contribution < 1.29 is 0 Å². The average molecular weight is 371 g/mol. The van der Waals surface area contributed by atoms with Crippen LogP contribution in [0.5, 0.6) is 0 Å². The summed E-state index contributed by atoms with van der Waals surface area (Å²) in [4.78, 5) is 0. The lowest BCUT2D eigenvalue weighted by atomic mass is 10.2. The first kappa shape index (κ1) is 17.9. The fourth-order valence-corrected chi connectivity index (χ4v) is 15.3. The Morgan fingerprint density at radius 1 is 1.00 bits per heavy atom. The molecule has 1 unspecified atom stereocenters. The van der Waals surface area contributed by atoms with Gasteiger partial charge in [-0.2, -0.15) is 23.5 Å². The minimum absolute atomic E-state index is 0.542. The molecule has 0 aliphatic carbocycles. The molecule has 0 bridgehead atoms. The van der Waals surface area contributed by atoms with E-state index in [-0.39, 0.29) is 0 Å². The Bertz CT molecular complexity index is 596. The third-order valence-corrected chi connectivity index (χ3v) is 15.6. The fraction of sp³-hybridized carbons (Fsp3) is 0.333. The van der Waals surface area contributed by atoms with Crippen LogP contribution in [0.25, 0.3) is 0 Å². The van der Waals surface area contributed by atoms with Gasteiger partial charge < -0.3 is 0 Å². The summed E-state index contributed by atoms with van der Waals surface area (Å²) >= 11 is 4.41. The first-order valence-electron chi connectivity index (χ1n) is 8.74. The van der Waals surface area contributed by atoms with Crippen LogP contribution < -0.4 is 10.4 Å². The third kappa shape index (κ3) is 3.68. The summed E-state index contributed by atoms with van der Waals surface area (Å²) in [5, 5.41) is 3.16. The number of rotatable bonds is 6. The Kier molecular flexibility index (Phi) is 6.31. The van der Waals surface area contributed by atoms with Crippen molar-refractivity contribution >= 4 is 42.0 Å². The first-order valence-corrected chi connectivity index (χ1v) is 13.1. The van der Waals surface area contributed by atoms with Gasteiger partial charge >= 0.3 is 0 Å². The molecule has 0 spiro atoms. The summed E-state index contributed by atoms with van der Waals surface area (Å²) < 4.78 is 0.693. The van der Waals surface area contributed by atoms with Crippen molar-refractivity contribution in [2.24, 2.45) is 5.92 Å². The van der Waals surface area contributed by atoms with Crippen LogP contribution in [0.2, 0.25) is 6.04 Å². The van der Waals surface area contributed by atoms with Gasteiger partial charge in [-0.3, -0.25) is 0 Å². The minimum Gasteiger partial charge on any atom is -0.150 e. The maximum absolute atomic E-state index is 4.09. The maximum Gasteiger partial charge on any atom is 0.142 e. The molecule has 1 saturated heterocycles. The van der Waals surface area contributed by atoms with Crippen LogP contribution in [0.1, 0.15) is 13.3 Å². The molecule has 3 heteroatoms. The quantitative estimate of drug-likeness (QED) is 0.529. The zero-order chi connectivity index (χ0) is 16.8. The summed E-state index contributed by atoms with van der Waals surface area (Å²) in [5.41, 5.74) is 0. The van der Waals surface area contributed by atoms with E-state index in [4.69, 9.17) is 0 Å². The maximum atomic E-state index is 4.09. The molecule has 2 aromatic rings. The van der Waals surface area contributed by atoms with Crippen molar-refractivity contribution in [3.05, 3.63) is 73.3 Å². The summed E-state index contributed by atoms with van der Waals surface area (Å²) in [5.74, 6) is 3.14. The van der Waals surface area contributed by atoms with Gasteiger partial charge in [-0.25, -0.2) is 0 Å². The molecule has 1 aliphatic rings. The Hall–Kier alpha value is -0.903. The SMILES string of the molecule is C=CC(C)C[Si](c1ccccc1)(c1ccccc1)C1SCCCS1. The Morgan fingerprint density at radius 2 is 1.50 bits per heavy atom. The van der Waals surface area contributed by atoms with Crippen molar-refractivity contribution in [2.45, 2.75) is 23.6 Å². The monoisotopic (exact) mass is 370 g/mol. The van der Waals surface area contributed by atoms with Gasteiger partial charge in [0.1, 0.15) is 8.07 Å². The number of benzene rings is 2. The van der Waals surface area contributed by atoms with Gasteiger partial charge in [0.25, 0.3) is 0 Å².